The molecule has 90 valence electrons. The van der Waals surface area contributed by atoms with Crippen LogP contribution in [0.25, 0.3) is 0 Å². The molecule has 0 bridgehead atoms. The minimum absolute atomic E-state index is 0.0922. The van der Waals surface area contributed by atoms with E-state index in [1.54, 1.807) is 17.0 Å². The van der Waals surface area contributed by atoms with Gasteiger partial charge in [0.2, 0.25) is 5.91 Å². The fraction of sp³-hybridized carbons (Fsp3) is 0.417. The third kappa shape index (κ3) is 2.27. The minimum atomic E-state index is -0.402. The van der Waals surface area contributed by atoms with Crippen LogP contribution in [0, 0.1) is 10.1 Å². The Morgan fingerprint density at radius 3 is 2.82 bits per heavy atom. The quantitative estimate of drug-likeness (QED) is 0.592. The van der Waals surface area contributed by atoms with E-state index in [1.807, 2.05) is 6.92 Å². The van der Waals surface area contributed by atoms with E-state index in [0.29, 0.717) is 19.5 Å². The third-order valence-corrected chi connectivity index (χ3v) is 2.95. The summed E-state index contributed by atoms with van der Waals surface area (Å²) >= 11 is 0. The lowest BCUT2D eigenvalue weighted by Gasteiger charge is -2.28. The van der Waals surface area contributed by atoms with E-state index in [-0.39, 0.29) is 11.6 Å². The molecule has 1 aliphatic rings. The Balaban J connectivity index is 2.30. The molecule has 0 spiro atoms. The van der Waals surface area contributed by atoms with Crippen molar-refractivity contribution in [2.75, 3.05) is 6.54 Å². The molecule has 1 heterocycles. The standard InChI is InChI=1S/C12H14N2O3/c1-2-5-13-8-10-6-11(14(16)17)4-3-9(10)7-12(13)15/h3-4,6H,2,5,7-8H2,1H3. The van der Waals surface area contributed by atoms with Crippen LogP contribution in [0.5, 0.6) is 0 Å². The van der Waals surface area contributed by atoms with Crippen LogP contribution in [0.4, 0.5) is 5.69 Å². The molecule has 17 heavy (non-hydrogen) atoms. The number of benzene rings is 1. The minimum Gasteiger partial charge on any atom is -0.338 e. The van der Waals surface area contributed by atoms with Gasteiger partial charge in [0.1, 0.15) is 0 Å². The summed E-state index contributed by atoms with van der Waals surface area (Å²) in [6, 6.07) is 4.72. The van der Waals surface area contributed by atoms with Crippen molar-refractivity contribution in [2.45, 2.75) is 26.3 Å². The monoisotopic (exact) mass is 234 g/mol. The smallest absolute Gasteiger partial charge is 0.269 e. The molecule has 1 amide bonds. The molecule has 0 unspecified atom stereocenters. The van der Waals surface area contributed by atoms with E-state index < -0.39 is 4.92 Å². The number of amides is 1. The van der Waals surface area contributed by atoms with Gasteiger partial charge in [0.05, 0.1) is 11.3 Å². The van der Waals surface area contributed by atoms with Crippen molar-refractivity contribution in [1.29, 1.82) is 0 Å². The normalized spacial score (nSPS) is 14.6. The maximum atomic E-state index is 11.8. The predicted octanol–water partition coefficient (Wildman–Crippen LogP) is 1.89. The number of nitro benzene ring substituents is 1. The topological polar surface area (TPSA) is 63.4 Å². The van der Waals surface area contributed by atoms with Crippen LogP contribution in [-0.4, -0.2) is 22.3 Å². The van der Waals surface area contributed by atoms with E-state index in [9.17, 15) is 14.9 Å². The first-order valence-electron chi connectivity index (χ1n) is 5.65. The van der Waals surface area contributed by atoms with E-state index in [1.165, 1.54) is 6.07 Å². The average Bonchev–Trinajstić information content (AvgIpc) is 2.29. The molecule has 2 rings (SSSR count). The first-order valence-corrected chi connectivity index (χ1v) is 5.65. The highest BCUT2D eigenvalue weighted by Crippen LogP contribution is 2.24. The first kappa shape index (κ1) is 11.6. The van der Waals surface area contributed by atoms with Crippen LogP contribution in [0.15, 0.2) is 18.2 Å². The lowest BCUT2D eigenvalue weighted by molar-refractivity contribution is -0.385. The summed E-state index contributed by atoms with van der Waals surface area (Å²) in [5.41, 5.74) is 1.90. The van der Waals surface area contributed by atoms with Crippen LogP contribution in [-0.2, 0) is 17.8 Å². The number of rotatable bonds is 3. The molecule has 0 aromatic heterocycles. The SMILES string of the molecule is CCCN1Cc2cc([N+](=O)[O-])ccc2CC1=O. The van der Waals surface area contributed by atoms with Crippen molar-refractivity contribution in [3.8, 4) is 0 Å². The van der Waals surface area contributed by atoms with Gasteiger partial charge in [0.15, 0.2) is 0 Å². The zero-order chi connectivity index (χ0) is 12.4. The van der Waals surface area contributed by atoms with Crippen molar-refractivity contribution >= 4 is 11.6 Å². The molecular weight excluding hydrogens is 220 g/mol. The van der Waals surface area contributed by atoms with Crippen LogP contribution >= 0.6 is 0 Å². The maximum absolute atomic E-state index is 11.8. The summed E-state index contributed by atoms with van der Waals surface area (Å²) in [6.07, 6.45) is 1.25. The predicted molar refractivity (Wildman–Crippen MR) is 62.5 cm³/mol. The van der Waals surface area contributed by atoms with Crippen molar-refractivity contribution in [3.63, 3.8) is 0 Å². The summed E-state index contributed by atoms with van der Waals surface area (Å²) in [5, 5.41) is 10.7. The molecule has 0 atom stereocenters. The Morgan fingerprint density at radius 1 is 1.41 bits per heavy atom. The van der Waals surface area contributed by atoms with Gasteiger partial charge in [-0.3, -0.25) is 14.9 Å². The van der Waals surface area contributed by atoms with Crippen LogP contribution in [0.3, 0.4) is 0 Å². The molecule has 5 nitrogen and oxygen atoms in total. The second kappa shape index (κ2) is 4.53. The van der Waals surface area contributed by atoms with E-state index in [0.717, 1.165) is 17.5 Å². The number of nitro groups is 1. The fourth-order valence-corrected chi connectivity index (χ4v) is 2.09. The van der Waals surface area contributed by atoms with Gasteiger partial charge in [0.25, 0.3) is 5.69 Å². The molecule has 0 fully saturated rings. The number of fused-ring (bicyclic) bond motifs is 1. The third-order valence-electron chi connectivity index (χ3n) is 2.95. The number of carbonyl (C=O) groups excluding carboxylic acids is 1. The molecular formula is C12H14N2O3. The summed E-state index contributed by atoms with van der Waals surface area (Å²) in [7, 11) is 0. The number of non-ortho nitro benzene ring substituents is 1. The molecule has 0 saturated heterocycles. The summed E-state index contributed by atoms with van der Waals surface area (Å²) in [4.78, 5) is 23.8. The Labute approximate surface area is 99.2 Å². The molecule has 1 aromatic rings. The van der Waals surface area contributed by atoms with Gasteiger partial charge in [-0.15, -0.1) is 0 Å². The van der Waals surface area contributed by atoms with Gasteiger partial charge in [-0.1, -0.05) is 13.0 Å². The van der Waals surface area contributed by atoms with Crippen LogP contribution in [0.2, 0.25) is 0 Å². The van der Waals surface area contributed by atoms with Gasteiger partial charge in [-0.05, 0) is 17.5 Å². The van der Waals surface area contributed by atoms with Crippen molar-refractivity contribution in [3.05, 3.63) is 39.4 Å². The van der Waals surface area contributed by atoms with Gasteiger partial charge >= 0.3 is 0 Å². The van der Waals surface area contributed by atoms with Gasteiger partial charge in [0, 0.05) is 25.2 Å². The fourth-order valence-electron chi connectivity index (χ4n) is 2.09. The lowest BCUT2D eigenvalue weighted by Crippen LogP contribution is -2.36. The van der Waals surface area contributed by atoms with E-state index in [2.05, 4.69) is 0 Å². The Bertz CT molecular complexity index is 471. The molecule has 0 saturated carbocycles. The number of nitrogens with zero attached hydrogens (tertiary/aromatic N) is 2. The molecule has 1 aromatic carbocycles. The molecule has 0 N–H and O–H groups in total. The summed E-state index contributed by atoms with van der Waals surface area (Å²) in [6.45, 7) is 3.21. The Hall–Kier alpha value is -1.91. The zero-order valence-electron chi connectivity index (χ0n) is 9.68. The van der Waals surface area contributed by atoms with Crippen molar-refractivity contribution in [1.82, 2.24) is 4.90 Å². The highest BCUT2D eigenvalue weighted by atomic mass is 16.6. The first-order chi connectivity index (χ1) is 8.11. The highest BCUT2D eigenvalue weighted by molar-refractivity contribution is 5.81. The molecule has 5 heteroatoms. The van der Waals surface area contributed by atoms with Crippen LogP contribution < -0.4 is 0 Å². The maximum Gasteiger partial charge on any atom is 0.269 e. The van der Waals surface area contributed by atoms with E-state index >= 15 is 0 Å². The molecule has 0 aliphatic carbocycles. The number of hydrogen-bond donors (Lipinski definition) is 0. The Morgan fingerprint density at radius 2 is 2.18 bits per heavy atom. The highest BCUT2D eigenvalue weighted by Gasteiger charge is 2.23. The zero-order valence-corrected chi connectivity index (χ0v) is 9.68. The summed E-state index contributed by atoms with van der Waals surface area (Å²) < 4.78 is 0. The number of carbonyl (C=O) groups is 1. The van der Waals surface area contributed by atoms with Gasteiger partial charge in [-0.25, -0.2) is 0 Å². The average molecular weight is 234 g/mol. The summed E-state index contributed by atoms with van der Waals surface area (Å²) in [5.74, 6) is 0.105. The molecule has 0 radical (unpaired) electrons. The largest absolute Gasteiger partial charge is 0.338 e. The van der Waals surface area contributed by atoms with E-state index in [4.69, 9.17) is 0 Å². The number of hydrogen-bond acceptors (Lipinski definition) is 3. The second-order valence-corrected chi connectivity index (χ2v) is 4.20. The van der Waals surface area contributed by atoms with Crippen LogP contribution in [0.1, 0.15) is 24.5 Å². The lowest BCUT2D eigenvalue weighted by atomic mass is 9.98. The second-order valence-electron chi connectivity index (χ2n) is 4.20. The van der Waals surface area contributed by atoms with Gasteiger partial charge in [-0.2, -0.15) is 0 Å². The van der Waals surface area contributed by atoms with Crippen molar-refractivity contribution < 1.29 is 9.72 Å². The van der Waals surface area contributed by atoms with Crippen molar-refractivity contribution in [2.24, 2.45) is 0 Å². The Kier molecular flexibility index (Phi) is 3.08. The van der Waals surface area contributed by atoms with Gasteiger partial charge < -0.3 is 4.90 Å². The molecule has 1 aliphatic heterocycles.